The minimum Gasteiger partial charge on any atom is -0.457 e. The van der Waals surface area contributed by atoms with Gasteiger partial charge in [0.25, 0.3) is 5.91 Å². The van der Waals surface area contributed by atoms with Gasteiger partial charge in [0.05, 0.1) is 5.92 Å². The van der Waals surface area contributed by atoms with Crippen molar-refractivity contribution in [1.29, 1.82) is 0 Å². The maximum Gasteiger partial charge on any atom is 0.311 e. The Kier molecular flexibility index (Phi) is 7.29. The highest BCUT2D eigenvalue weighted by atomic mass is 35.5. The maximum absolute atomic E-state index is 12.7. The molecule has 1 aliphatic heterocycles. The lowest BCUT2D eigenvalue weighted by atomic mass is 10.1. The Balaban J connectivity index is 1.17. The molecular weight excluding hydrogens is 504 g/mol. The first-order chi connectivity index (χ1) is 18.4. The van der Waals surface area contributed by atoms with E-state index in [1.165, 1.54) is 0 Å². The summed E-state index contributed by atoms with van der Waals surface area (Å²) in [6.45, 7) is 1.51. The van der Waals surface area contributed by atoms with Gasteiger partial charge in [-0.1, -0.05) is 54.1 Å². The third-order valence-corrected chi connectivity index (χ3v) is 6.88. The van der Waals surface area contributed by atoms with Gasteiger partial charge in [0.1, 0.15) is 11.5 Å². The number of nitrogens with one attached hydrogen (secondary N) is 1. The van der Waals surface area contributed by atoms with Crippen molar-refractivity contribution in [2.24, 2.45) is 5.92 Å². The number of amides is 2. The maximum atomic E-state index is 12.7. The van der Waals surface area contributed by atoms with Crippen molar-refractivity contribution in [3.63, 3.8) is 0 Å². The lowest BCUT2D eigenvalue weighted by Crippen LogP contribution is -2.28. The first-order valence-electron chi connectivity index (χ1n) is 12.2. The Labute approximate surface area is 224 Å². The van der Waals surface area contributed by atoms with E-state index in [2.05, 4.69) is 5.32 Å². The molecule has 192 valence electrons. The number of hydrogen-bond donors (Lipinski definition) is 1. The van der Waals surface area contributed by atoms with Crippen molar-refractivity contribution in [3.05, 3.63) is 95.5 Å². The van der Waals surface area contributed by atoms with E-state index in [4.69, 9.17) is 21.1 Å². The number of carbonyl (C=O) groups excluding carboxylic acids is 3. The summed E-state index contributed by atoms with van der Waals surface area (Å²) in [5.41, 5.74) is 1.93. The second-order valence-electron chi connectivity index (χ2n) is 9.05. The van der Waals surface area contributed by atoms with Crippen LogP contribution in [0.1, 0.15) is 12.0 Å². The molecule has 1 saturated heterocycles. The molecule has 0 saturated carbocycles. The van der Waals surface area contributed by atoms with Crippen LogP contribution in [0.15, 0.2) is 84.9 Å². The molecule has 4 aromatic carbocycles. The van der Waals surface area contributed by atoms with Gasteiger partial charge in [0, 0.05) is 34.7 Å². The van der Waals surface area contributed by atoms with Crippen LogP contribution >= 0.6 is 11.6 Å². The molecule has 1 atom stereocenters. The lowest BCUT2D eigenvalue weighted by molar-refractivity contribution is -0.151. The van der Waals surface area contributed by atoms with E-state index >= 15 is 0 Å². The number of ether oxygens (including phenoxy) is 2. The largest absolute Gasteiger partial charge is 0.457 e. The molecule has 1 aliphatic rings. The van der Waals surface area contributed by atoms with Gasteiger partial charge in [-0.2, -0.15) is 0 Å². The minimum absolute atomic E-state index is 0.0160. The summed E-state index contributed by atoms with van der Waals surface area (Å²) in [7, 11) is 0. The van der Waals surface area contributed by atoms with Gasteiger partial charge in [-0.3, -0.25) is 14.4 Å². The van der Waals surface area contributed by atoms with Crippen LogP contribution in [-0.2, 0) is 19.1 Å². The number of fused-ring (bicyclic) bond motifs is 1. The van der Waals surface area contributed by atoms with Crippen LogP contribution in [0.2, 0.25) is 5.02 Å². The molecule has 5 rings (SSSR count). The summed E-state index contributed by atoms with van der Waals surface area (Å²) >= 11 is 6.07. The molecule has 7 nitrogen and oxygen atoms in total. The van der Waals surface area contributed by atoms with Crippen molar-refractivity contribution in [1.82, 2.24) is 0 Å². The lowest BCUT2D eigenvalue weighted by Gasteiger charge is -2.17. The monoisotopic (exact) mass is 528 g/mol. The van der Waals surface area contributed by atoms with Crippen molar-refractivity contribution in [3.8, 4) is 11.5 Å². The average molecular weight is 529 g/mol. The smallest absolute Gasteiger partial charge is 0.311 e. The topological polar surface area (TPSA) is 84.9 Å². The normalized spacial score (nSPS) is 14.9. The van der Waals surface area contributed by atoms with Crippen LogP contribution in [0.3, 0.4) is 0 Å². The van der Waals surface area contributed by atoms with E-state index in [0.717, 1.165) is 22.1 Å². The van der Waals surface area contributed by atoms with E-state index in [9.17, 15) is 14.4 Å². The summed E-state index contributed by atoms with van der Waals surface area (Å²) in [6, 6.07) is 26.2. The van der Waals surface area contributed by atoms with Crippen molar-refractivity contribution in [2.45, 2.75) is 13.3 Å². The highest BCUT2D eigenvalue weighted by Gasteiger charge is 2.36. The molecule has 0 spiro atoms. The fourth-order valence-electron chi connectivity index (χ4n) is 4.40. The zero-order chi connectivity index (χ0) is 26.6. The van der Waals surface area contributed by atoms with Gasteiger partial charge in [-0.25, -0.2) is 0 Å². The summed E-state index contributed by atoms with van der Waals surface area (Å²) in [5, 5.41) is 5.30. The van der Waals surface area contributed by atoms with E-state index in [-0.39, 0.29) is 18.9 Å². The van der Waals surface area contributed by atoms with E-state index in [1.54, 1.807) is 54.3 Å². The quantitative estimate of drug-likeness (QED) is 0.292. The fourth-order valence-corrected chi connectivity index (χ4v) is 4.58. The standard InChI is InChI=1S/C30H25ClN2O5/c1-19-25(31)9-5-10-26(19)32-28(34)18-37-30(36)21-16-29(35)33(17-21)22-12-14-23(15-13-22)38-27-11-4-7-20-6-2-3-8-24(20)27/h2-15,21H,16-18H2,1H3,(H,32,34)/t21-/m0/s1. The highest BCUT2D eigenvalue weighted by molar-refractivity contribution is 6.31. The Hall–Kier alpha value is -4.36. The van der Waals surface area contributed by atoms with E-state index in [1.807, 2.05) is 42.5 Å². The Morgan fingerprint density at radius 1 is 0.974 bits per heavy atom. The van der Waals surface area contributed by atoms with E-state index < -0.39 is 24.4 Å². The predicted octanol–water partition coefficient (Wildman–Crippen LogP) is 6.13. The number of halogens is 1. The Bertz CT molecular complexity index is 1510. The molecule has 2 amide bonds. The molecule has 1 heterocycles. The molecule has 1 fully saturated rings. The Morgan fingerprint density at radius 3 is 2.53 bits per heavy atom. The zero-order valence-electron chi connectivity index (χ0n) is 20.6. The first-order valence-corrected chi connectivity index (χ1v) is 12.5. The van der Waals surface area contributed by atoms with Gasteiger partial charge in [-0.15, -0.1) is 0 Å². The van der Waals surface area contributed by atoms with Crippen LogP contribution < -0.4 is 15.0 Å². The van der Waals surface area contributed by atoms with Crippen molar-refractivity contribution < 1.29 is 23.9 Å². The number of nitrogens with zero attached hydrogens (tertiary/aromatic N) is 1. The second kappa shape index (κ2) is 10.9. The number of hydrogen-bond acceptors (Lipinski definition) is 5. The summed E-state index contributed by atoms with van der Waals surface area (Å²) in [5.74, 6) is -0.538. The summed E-state index contributed by atoms with van der Waals surface area (Å²) in [6.07, 6.45) is 0.0160. The molecule has 0 aliphatic carbocycles. The number of carbonyl (C=O) groups is 3. The Morgan fingerprint density at radius 2 is 1.71 bits per heavy atom. The number of esters is 1. The third-order valence-electron chi connectivity index (χ3n) is 6.47. The van der Waals surface area contributed by atoms with Gasteiger partial charge in [-0.05, 0) is 60.3 Å². The van der Waals surface area contributed by atoms with Crippen molar-refractivity contribution in [2.75, 3.05) is 23.4 Å². The number of rotatable bonds is 7. The molecule has 0 bridgehead atoms. The minimum atomic E-state index is -0.658. The third kappa shape index (κ3) is 5.48. The molecule has 0 unspecified atom stereocenters. The van der Waals surface area contributed by atoms with Gasteiger partial charge >= 0.3 is 5.97 Å². The first kappa shape index (κ1) is 25.3. The van der Waals surface area contributed by atoms with Crippen LogP contribution in [0.5, 0.6) is 11.5 Å². The zero-order valence-corrected chi connectivity index (χ0v) is 21.4. The fraction of sp³-hybridized carbons (Fsp3) is 0.167. The van der Waals surface area contributed by atoms with Gasteiger partial charge < -0.3 is 19.7 Å². The molecule has 0 radical (unpaired) electrons. The summed E-state index contributed by atoms with van der Waals surface area (Å²) in [4.78, 5) is 39.0. The van der Waals surface area contributed by atoms with Crippen LogP contribution in [-0.4, -0.2) is 30.9 Å². The highest BCUT2D eigenvalue weighted by Crippen LogP contribution is 2.32. The van der Waals surface area contributed by atoms with Crippen molar-refractivity contribution >= 4 is 51.5 Å². The molecular formula is C30H25ClN2O5. The second-order valence-corrected chi connectivity index (χ2v) is 9.45. The van der Waals surface area contributed by atoms with Crippen LogP contribution in [0.25, 0.3) is 10.8 Å². The molecule has 4 aromatic rings. The summed E-state index contributed by atoms with van der Waals surface area (Å²) < 4.78 is 11.3. The predicted molar refractivity (Wildman–Crippen MR) is 147 cm³/mol. The van der Waals surface area contributed by atoms with Crippen LogP contribution in [0, 0.1) is 12.8 Å². The van der Waals surface area contributed by atoms with Gasteiger partial charge in [0.15, 0.2) is 6.61 Å². The molecule has 8 heteroatoms. The SMILES string of the molecule is Cc1c(Cl)cccc1NC(=O)COC(=O)[C@H]1CC(=O)N(c2ccc(Oc3cccc4ccccc34)cc2)C1. The van der Waals surface area contributed by atoms with Crippen LogP contribution in [0.4, 0.5) is 11.4 Å². The molecule has 0 aromatic heterocycles. The number of anilines is 2. The molecule has 1 N–H and O–H groups in total. The van der Waals surface area contributed by atoms with Gasteiger partial charge in [0.2, 0.25) is 5.91 Å². The van der Waals surface area contributed by atoms with E-state index in [0.29, 0.717) is 22.1 Å². The molecule has 38 heavy (non-hydrogen) atoms. The average Bonchev–Trinajstić information content (AvgIpc) is 3.32. The number of benzene rings is 4.